The summed E-state index contributed by atoms with van der Waals surface area (Å²) < 4.78 is 6.73. The average molecular weight is 453 g/mol. The standard InChI is InChI=1S/C23H24N4O4S/c1-14(19-9-16(10-24-19)11-26-4-6-31-7-5-26)21-17-8-15(2-3-18(17)25-22(21)29)12-27-20(28)13-32-23(27)30/h2-3,8-10,13,24,28H,4-7,11-12H2,1H3,(H,25,29). The van der Waals surface area contributed by atoms with E-state index in [1.807, 2.05) is 31.3 Å². The lowest BCUT2D eigenvalue weighted by molar-refractivity contribution is -0.110. The molecule has 0 aliphatic carbocycles. The molecule has 2 aromatic heterocycles. The van der Waals surface area contributed by atoms with Gasteiger partial charge in [0.15, 0.2) is 0 Å². The van der Waals surface area contributed by atoms with Gasteiger partial charge < -0.3 is 20.1 Å². The summed E-state index contributed by atoms with van der Waals surface area (Å²) >= 11 is 0.961. The Hall–Kier alpha value is -3.14. The highest BCUT2D eigenvalue weighted by molar-refractivity contribution is 7.07. The van der Waals surface area contributed by atoms with Gasteiger partial charge in [-0.15, -0.1) is 0 Å². The highest BCUT2D eigenvalue weighted by atomic mass is 32.1. The number of aromatic amines is 1. The van der Waals surface area contributed by atoms with Crippen LogP contribution >= 0.6 is 11.3 Å². The first-order valence-electron chi connectivity index (χ1n) is 10.5. The number of amides is 1. The van der Waals surface area contributed by atoms with Crippen molar-refractivity contribution < 1.29 is 14.6 Å². The zero-order valence-electron chi connectivity index (χ0n) is 17.7. The van der Waals surface area contributed by atoms with Gasteiger partial charge in [-0.3, -0.25) is 19.1 Å². The van der Waals surface area contributed by atoms with Crippen LogP contribution in [0.2, 0.25) is 0 Å². The number of morpholine rings is 1. The van der Waals surface area contributed by atoms with Crippen LogP contribution in [-0.2, 0) is 22.6 Å². The number of rotatable bonds is 5. The Balaban J connectivity index is 1.44. The second-order valence-electron chi connectivity index (χ2n) is 8.09. The van der Waals surface area contributed by atoms with Crippen LogP contribution in [0.5, 0.6) is 5.88 Å². The molecule has 1 aromatic carbocycles. The van der Waals surface area contributed by atoms with E-state index in [9.17, 15) is 14.7 Å². The van der Waals surface area contributed by atoms with Crippen LogP contribution in [0.4, 0.5) is 5.69 Å². The van der Waals surface area contributed by atoms with Crippen LogP contribution in [0.3, 0.4) is 0 Å². The van der Waals surface area contributed by atoms with Gasteiger partial charge in [0.25, 0.3) is 5.91 Å². The van der Waals surface area contributed by atoms with E-state index in [1.54, 1.807) is 0 Å². The van der Waals surface area contributed by atoms with Crippen LogP contribution in [0, 0.1) is 0 Å². The maximum Gasteiger partial charge on any atom is 0.310 e. The second kappa shape index (κ2) is 8.42. The van der Waals surface area contributed by atoms with Crippen molar-refractivity contribution in [1.29, 1.82) is 0 Å². The lowest BCUT2D eigenvalue weighted by Crippen LogP contribution is -2.35. The van der Waals surface area contributed by atoms with Crippen LogP contribution in [0.15, 0.2) is 40.6 Å². The summed E-state index contributed by atoms with van der Waals surface area (Å²) in [5, 5.41) is 14.3. The van der Waals surface area contributed by atoms with Gasteiger partial charge in [0.1, 0.15) is 0 Å². The molecule has 2 aliphatic rings. The Kier molecular flexibility index (Phi) is 5.46. The van der Waals surface area contributed by atoms with Gasteiger partial charge in [-0.2, -0.15) is 0 Å². The van der Waals surface area contributed by atoms with Crippen molar-refractivity contribution in [3.05, 3.63) is 67.9 Å². The number of aromatic hydroxyl groups is 1. The fraction of sp³-hybridized carbons (Fsp3) is 0.304. The molecule has 1 fully saturated rings. The highest BCUT2D eigenvalue weighted by Gasteiger charge is 2.27. The van der Waals surface area contributed by atoms with Crippen LogP contribution in [0.1, 0.15) is 29.3 Å². The number of fused-ring (bicyclic) bond motifs is 1. The molecule has 2 aliphatic heterocycles. The van der Waals surface area contributed by atoms with E-state index >= 15 is 0 Å². The molecule has 8 nitrogen and oxygen atoms in total. The quantitative estimate of drug-likeness (QED) is 0.517. The van der Waals surface area contributed by atoms with E-state index in [1.165, 1.54) is 15.5 Å². The SMILES string of the molecule is CC(=C1C(=O)Nc2ccc(Cn3c(O)csc3=O)cc21)c1cc(CN2CCOCC2)c[nH]1. The monoisotopic (exact) mass is 452 g/mol. The highest BCUT2D eigenvalue weighted by Crippen LogP contribution is 2.37. The maximum absolute atomic E-state index is 12.8. The molecule has 0 unspecified atom stereocenters. The molecule has 3 aromatic rings. The number of hydrogen-bond donors (Lipinski definition) is 3. The summed E-state index contributed by atoms with van der Waals surface area (Å²) in [6.07, 6.45) is 1.99. The van der Waals surface area contributed by atoms with Gasteiger partial charge in [-0.1, -0.05) is 17.4 Å². The Morgan fingerprint density at radius 1 is 1.16 bits per heavy atom. The summed E-state index contributed by atoms with van der Waals surface area (Å²) in [5.41, 5.74) is 5.93. The number of nitrogens with one attached hydrogen (secondary N) is 2. The third-order valence-electron chi connectivity index (χ3n) is 5.96. The zero-order valence-corrected chi connectivity index (χ0v) is 18.5. The Labute approximate surface area is 188 Å². The van der Waals surface area contributed by atoms with Gasteiger partial charge in [-0.05, 0) is 41.8 Å². The van der Waals surface area contributed by atoms with Crippen molar-refractivity contribution >= 4 is 34.1 Å². The molecule has 5 rings (SSSR count). The van der Waals surface area contributed by atoms with E-state index in [0.29, 0.717) is 5.57 Å². The summed E-state index contributed by atoms with van der Waals surface area (Å²) in [4.78, 5) is 30.2. The van der Waals surface area contributed by atoms with E-state index < -0.39 is 0 Å². The summed E-state index contributed by atoms with van der Waals surface area (Å²) in [5.74, 6) is -0.199. The molecule has 32 heavy (non-hydrogen) atoms. The fourth-order valence-electron chi connectivity index (χ4n) is 4.24. The van der Waals surface area contributed by atoms with E-state index in [2.05, 4.69) is 21.3 Å². The largest absolute Gasteiger partial charge is 0.494 e. The minimum absolute atomic E-state index is 0.0548. The van der Waals surface area contributed by atoms with E-state index in [4.69, 9.17) is 4.74 Å². The number of allylic oxidation sites excluding steroid dienone is 1. The van der Waals surface area contributed by atoms with E-state index in [-0.39, 0.29) is 23.2 Å². The van der Waals surface area contributed by atoms with Crippen molar-refractivity contribution in [2.75, 3.05) is 31.6 Å². The van der Waals surface area contributed by atoms with Crippen molar-refractivity contribution in [2.45, 2.75) is 20.0 Å². The Morgan fingerprint density at radius 3 is 2.72 bits per heavy atom. The summed E-state index contributed by atoms with van der Waals surface area (Å²) in [6, 6.07) is 7.70. The molecule has 166 valence electrons. The van der Waals surface area contributed by atoms with Gasteiger partial charge in [0, 0.05) is 42.8 Å². The summed E-state index contributed by atoms with van der Waals surface area (Å²) in [6.45, 7) is 6.38. The number of nitrogens with zero attached hydrogens (tertiary/aromatic N) is 2. The maximum atomic E-state index is 12.8. The third kappa shape index (κ3) is 3.90. The number of benzene rings is 1. The van der Waals surface area contributed by atoms with Crippen LogP contribution < -0.4 is 10.2 Å². The molecule has 3 N–H and O–H groups in total. The molecule has 9 heteroatoms. The number of H-pyrrole nitrogens is 1. The molecule has 0 bridgehead atoms. The molecule has 1 saturated heterocycles. The molecular formula is C23H24N4O4S. The summed E-state index contributed by atoms with van der Waals surface area (Å²) in [7, 11) is 0. The van der Waals surface area contributed by atoms with Crippen molar-refractivity contribution in [2.24, 2.45) is 0 Å². The molecule has 1 amide bonds. The number of thiazole rings is 1. The molecular weight excluding hydrogens is 428 g/mol. The van der Waals surface area contributed by atoms with E-state index in [0.717, 1.165) is 72.3 Å². The Morgan fingerprint density at radius 2 is 1.97 bits per heavy atom. The predicted molar refractivity (Wildman–Crippen MR) is 124 cm³/mol. The molecule has 0 atom stereocenters. The minimum Gasteiger partial charge on any atom is -0.494 e. The van der Waals surface area contributed by atoms with Crippen molar-refractivity contribution in [3.63, 3.8) is 0 Å². The minimum atomic E-state index is -0.219. The second-order valence-corrected chi connectivity index (χ2v) is 8.91. The number of anilines is 1. The molecule has 0 radical (unpaired) electrons. The van der Waals surface area contributed by atoms with Gasteiger partial charge in [0.2, 0.25) is 5.88 Å². The molecule has 0 spiro atoms. The number of hydrogen-bond acceptors (Lipinski definition) is 6. The van der Waals surface area contributed by atoms with Gasteiger partial charge in [-0.25, -0.2) is 0 Å². The average Bonchev–Trinajstić information content (AvgIpc) is 3.47. The topological polar surface area (TPSA) is 99.6 Å². The molecule has 0 saturated carbocycles. The first-order chi connectivity index (χ1) is 15.5. The smallest absolute Gasteiger partial charge is 0.310 e. The third-order valence-corrected chi connectivity index (χ3v) is 6.71. The normalized spacial score (nSPS) is 18.0. The number of ether oxygens (including phenoxy) is 1. The lowest BCUT2D eigenvalue weighted by atomic mass is 9.98. The van der Waals surface area contributed by atoms with Crippen LogP contribution in [0.25, 0.3) is 11.1 Å². The lowest BCUT2D eigenvalue weighted by Gasteiger charge is -2.25. The van der Waals surface area contributed by atoms with Crippen molar-refractivity contribution in [1.82, 2.24) is 14.5 Å². The van der Waals surface area contributed by atoms with Gasteiger partial charge in [0.05, 0.1) is 30.7 Å². The number of carbonyl (C=O) groups excluding carboxylic acids is 1. The first kappa shape index (κ1) is 20.7. The fourth-order valence-corrected chi connectivity index (χ4v) is 4.85. The number of carbonyl (C=O) groups is 1. The Bertz CT molecular complexity index is 1260. The van der Waals surface area contributed by atoms with Gasteiger partial charge >= 0.3 is 4.87 Å². The first-order valence-corrected chi connectivity index (χ1v) is 11.4. The molecule has 4 heterocycles. The predicted octanol–water partition coefficient (Wildman–Crippen LogP) is 2.71. The number of aromatic nitrogens is 2. The van der Waals surface area contributed by atoms with Crippen LogP contribution in [-0.4, -0.2) is 51.8 Å². The zero-order chi connectivity index (χ0) is 22.2. The van der Waals surface area contributed by atoms with Crippen molar-refractivity contribution in [3.8, 4) is 5.88 Å².